The van der Waals surface area contributed by atoms with Crippen LogP contribution in [0.4, 0.5) is 16.4 Å². The van der Waals surface area contributed by atoms with Crippen LogP contribution in [0, 0.1) is 0 Å². The molecule has 8 nitrogen and oxygen atoms in total. The highest BCUT2D eigenvalue weighted by Crippen LogP contribution is 2.29. The van der Waals surface area contributed by atoms with Crippen molar-refractivity contribution in [2.24, 2.45) is 0 Å². The number of methoxy groups -OCH3 is 1. The van der Waals surface area contributed by atoms with E-state index in [1.165, 1.54) is 7.11 Å². The van der Waals surface area contributed by atoms with Gasteiger partial charge in [0, 0.05) is 6.07 Å². The summed E-state index contributed by atoms with van der Waals surface area (Å²) in [4.78, 5) is 16.4. The van der Waals surface area contributed by atoms with Crippen LogP contribution in [-0.4, -0.2) is 28.3 Å². The van der Waals surface area contributed by atoms with Crippen molar-refractivity contribution in [3.05, 3.63) is 42.0 Å². The number of benzene rings is 1. The van der Waals surface area contributed by atoms with Crippen molar-refractivity contribution < 1.29 is 9.53 Å². The minimum absolute atomic E-state index is 0.139. The van der Waals surface area contributed by atoms with Crippen LogP contribution in [0.25, 0.3) is 10.9 Å². The summed E-state index contributed by atoms with van der Waals surface area (Å²) >= 11 is 0. The van der Waals surface area contributed by atoms with Crippen molar-refractivity contribution in [3.8, 4) is 5.88 Å². The van der Waals surface area contributed by atoms with Crippen LogP contribution < -0.4 is 21.1 Å². The Labute approximate surface area is 138 Å². The van der Waals surface area contributed by atoms with Crippen molar-refractivity contribution in [1.29, 1.82) is 0 Å². The fourth-order valence-electron chi connectivity index (χ4n) is 2.42. The summed E-state index contributed by atoms with van der Waals surface area (Å²) in [5.41, 5.74) is 7.41. The first-order chi connectivity index (χ1) is 11.6. The summed E-state index contributed by atoms with van der Waals surface area (Å²) in [6.07, 6.45) is 0. The van der Waals surface area contributed by atoms with E-state index in [2.05, 4.69) is 25.8 Å². The number of carbonyl (C=O) groups is 1. The number of fused-ring (bicyclic) bond motifs is 1. The van der Waals surface area contributed by atoms with E-state index in [9.17, 15) is 4.79 Å². The first kappa shape index (κ1) is 15.6. The van der Waals surface area contributed by atoms with Crippen molar-refractivity contribution in [2.45, 2.75) is 13.0 Å². The van der Waals surface area contributed by atoms with Gasteiger partial charge in [-0.2, -0.15) is 10.1 Å². The predicted molar refractivity (Wildman–Crippen MR) is 91.9 cm³/mol. The van der Waals surface area contributed by atoms with Crippen molar-refractivity contribution in [3.63, 3.8) is 0 Å². The number of urea groups is 1. The molecule has 2 heterocycles. The van der Waals surface area contributed by atoms with Gasteiger partial charge in [0.1, 0.15) is 11.2 Å². The molecular weight excluding hydrogens is 308 g/mol. The number of ether oxygens (including phenoxy) is 1. The molecule has 0 aliphatic carbocycles. The van der Waals surface area contributed by atoms with Gasteiger partial charge in [-0.3, -0.25) is 10.4 Å². The predicted octanol–water partition coefficient (Wildman–Crippen LogP) is 2.43. The summed E-state index contributed by atoms with van der Waals surface area (Å²) in [7, 11) is 1.48. The quantitative estimate of drug-likeness (QED) is 0.587. The number of nitrogens with one attached hydrogen (secondary N) is 3. The topological polar surface area (TPSA) is 118 Å². The molecule has 0 bridgehead atoms. The molecule has 0 saturated carbocycles. The molecule has 8 heteroatoms. The molecule has 5 N–H and O–H groups in total. The lowest BCUT2D eigenvalue weighted by Crippen LogP contribution is -2.31. The molecule has 3 rings (SSSR count). The van der Waals surface area contributed by atoms with Crippen LogP contribution in [0.2, 0.25) is 0 Å². The Morgan fingerprint density at radius 3 is 2.79 bits per heavy atom. The van der Waals surface area contributed by atoms with Gasteiger partial charge in [-0.05, 0) is 12.5 Å². The molecule has 24 heavy (non-hydrogen) atoms. The summed E-state index contributed by atoms with van der Waals surface area (Å²) in [5.74, 6) is 0.925. The van der Waals surface area contributed by atoms with Crippen LogP contribution in [-0.2, 0) is 0 Å². The standard InChI is InChI=1S/C16H18N6O2/c1-9(10-6-4-3-5-7-10)18-16(23)20-12-8-11-13(14(17)22-21-11)15(19-12)24-2/h3-9H,1-2H3,(H3,17,21,22)(H2,18,19,20,23). The monoisotopic (exact) mass is 326 g/mol. The number of hydrogen-bond donors (Lipinski definition) is 4. The molecule has 0 aliphatic rings. The number of nitrogens with zero attached hydrogens (tertiary/aromatic N) is 2. The number of aromatic amines is 1. The van der Waals surface area contributed by atoms with Gasteiger partial charge in [0.25, 0.3) is 0 Å². The van der Waals surface area contributed by atoms with E-state index in [-0.39, 0.29) is 12.1 Å². The molecule has 0 radical (unpaired) electrons. The molecule has 2 amide bonds. The minimum Gasteiger partial charge on any atom is -0.480 e. The van der Waals surface area contributed by atoms with Gasteiger partial charge in [0.15, 0.2) is 5.82 Å². The number of carbonyl (C=O) groups excluding carboxylic acids is 1. The molecule has 2 aromatic heterocycles. The Morgan fingerprint density at radius 1 is 1.33 bits per heavy atom. The zero-order valence-corrected chi connectivity index (χ0v) is 13.3. The van der Waals surface area contributed by atoms with Crippen LogP contribution in [0.5, 0.6) is 5.88 Å². The minimum atomic E-state index is -0.368. The lowest BCUT2D eigenvalue weighted by molar-refractivity contribution is 0.249. The van der Waals surface area contributed by atoms with Gasteiger partial charge in [-0.15, -0.1) is 0 Å². The molecule has 0 aliphatic heterocycles. The Bertz CT molecular complexity index is 862. The summed E-state index contributed by atoms with van der Waals surface area (Å²) in [6.45, 7) is 1.90. The summed E-state index contributed by atoms with van der Waals surface area (Å²) in [5, 5.41) is 12.8. The first-order valence-electron chi connectivity index (χ1n) is 7.39. The highest BCUT2D eigenvalue weighted by Gasteiger charge is 2.15. The lowest BCUT2D eigenvalue weighted by atomic mass is 10.1. The normalized spacial score (nSPS) is 11.9. The fraction of sp³-hybridized carbons (Fsp3) is 0.188. The van der Waals surface area contributed by atoms with E-state index >= 15 is 0 Å². The lowest BCUT2D eigenvalue weighted by Gasteiger charge is -2.15. The molecule has 3 aromatic rings. The van der Waals surface area contributed by atoms with Gasteiger partial charge in [-0.25, -0.2) is 4.79 Å². The maximum absolute atomic E-state index is 12.2. The summed E-state index contributed by atoms with van der Waals surface area (Å²) in [6, 6.07) is 10.8. The molecule has 0 saturated heterocycles. The van der Waals surface area contributed by atoms with E-state index in [0.29, 0.717) is 28.4 Å². The number of rotatable bonds is 4. The third-order valence-corrected chi connectivity index (χ3v) is 3.62. The van der Waals surface area contributed by atoms with Crippen molar-refractivity contribution in [2.75, 3.05) is 18.2 Å². The third kappa shape index (κ3) is 3.07. The fourth-order valence-corrected chi connectivity index (χ4v) is 2.42. The van der Waals surface area contributed by atoms with Crippen molar-refractivity contribution in [1.82, 2.24) is 20.5 Å². The van der Waals surface area contributed by atoms with Gasteiger partial charge >= 0.3 is 6.03 Å². The highest BCUT2D eigenvalue weighted by molar-refractivity contribution is 5.97. The number of nitrogens with two attached hydrogens (primary N) is 1. The number of hydrogen-bond acceptors (Lipinski definition) is 5. The van der Waals surface area contributed by atoms with E-state index in [1.54, 1.807) is 6.07 Å². The zero-order chi connectivity index (χ0) is 17.1. The maximum Gasteiger partial charge on any atom is 0.320 e. The second-order valence-corrected chi connectivity index (χ2v) is 5.28. The Hall–Kier alpha value is -3.29. The number of nitrogen functional groups attached to an aromatic ring is 1. The number of pyridine rings is 1. The smallest absolute Gasteiger partial charge is 0.320 e. The van der Waals surface area contributed by atoms with Gasteiger partial charge in [0.05, 0.1) is 18.7 Å². The Kier molecular flexibility index (Phi) is 4.19. The van der Waals surface area contributed by atoms with E-state index in [0.717, 1.165) is 5.56 Å². The number of H-pyrrole nitrogens is 1. The van der Waals surface area contributed by atoms with E-state index in [4.69, 9.17) is 10.5 Å². The number of anilines is 2. The Morgan fingerprint density at radius 2 is 2.08 bits per heavy atom. The van der Waals surface area contributed by atoms with Crippen LogP contribution >= 0.6 is 0 Å². The SMILES string of the molecule is COc1nc(NC(=O)NC(C)c2ccccc2)cc2[nH]nc(N)c12. The molecular formula is C16H18N6O2. The van der Waals surface area contributed by atoms with Gasteiger partial charge in [0.2, 0.25) is 5.88 Å². The van der Waals surface area contributed by atoms with Crippen LogP contribution in [0.15, 0.2) is 36.4 Å². The van der Waals surface area contributed by atoms with E-state index in [1.807, 2.05) is 37.3 Å². The molecule has 124 valence electrons. The number of amides is 2. The zero-order valence-electron chi connectivity index (χ0n) is 13.3. The molecule has 1 unspecified atom stereocenters. The average Bonchev–Trinajstić information content (AvgIpc) is 2.96. The van der Waals surface area contributed by atoms with Gasteiger partial charge < -0.3 is 15.8 Å². The van der Waals surface area contributed by atoms with Gasteiger partial charge in [-0.1, -0.05) is 30.3 Å². The van der Waals surface area contributed by atoms with Crippen molar-refractivity contribution >= 4 is 28.6 Å². The van der Waals surface area contributed by atoms with Crippen LogP contribution in [0.3, 0.4) is 0 Å². The molecule has 1 aromatic carbocycles. The molecule has 0 spiro atoms. The second kappa shape index (κ2) is 6.45. The third-order valence-electron chi connectivity index (χ3n) is 3.62. The largest absolute Gasteiger partial charge is 0.480 e. The maximum atomic E-state index is 12.2. The van der Waals surface area contributed by atoms with Crippen LogP contribution in [0.1, 0.15) is 18.5 Å². The van der Waals surface area contributed by atoms with E-state index < -0.39 is 0 Å². The molecule has 1 atom stereocenters. The average molecular weight is 326 g/mol. The first-order valence-corrected chi connectivity index (χ1v) is 7.39. The highest BCUT2D eigenvalue weighted by atomic mass is 16.5. The Balaban J connectivity index is 1.76. The second-order valence-electron chi connectivity index (χ2n) is 5.28. The number of aromatic nitrogens is 3. The molecule has 0 fully saturated rings. The summed E-state index contributed by atoms with van der Waals surface area (Å²) < 4.78 is 5.22.